The minimum Gasteiger partial charge on any atom is -0.394 e. The smallest absolute Gasteiger partial charge is 0.394 e. The maximum absolute atomic E-state index is 14.3. The van der Waals surface area contributed by atoms with E-state index in [1.807, 2.05) is 11.2 Å². The number of phosphoric ester groups is 1. The highest BCUT2D eigenvalue weighted by Crippen LogP contribution is 2.45. The lowest BCUT2D eigenvalue weighted by Crippen LogP contribution is -2.42. The lowest BCUT2D eigenvalue weighted by Gasteiger charge is -2.19. The van der Waals surface area contributed by atoms with Gasteiger partial charge in [-0.15, -0.1) is 0 Å². The number of hydrogen-bond donors (Lipinski definition) is 7. The normalized spacial score (nSPS) is 29.8. The average Bonchev–Trinajstić information content (AvgIpc) is 3.58. The molecule has 2 fully saturated rings. The van der Waals surface area contributed by atoms with Crippen molar-refractivity contribution in [3.8, 4) is 0 Å². The highest BCUT2D eigenvalue weighted by molar-refractivity contribution is 7.47. The summed E-state index contributed by atoms with van der Waals surface area (Å²) in [5.41, 5.74) is -2.10. The van der Waals surface area contributed by atoms with Gasteiger partial charge in [-0.05, 0) is 17.4 Å². The zero-order valence-electron chi connectivity index (χ0n) is 21.8. The number of aromatic amines is 1. The van der Waals surface area contributed by atoms with E-state index < -0.39 is 87.2 Å². The predicted octanol–water partition coefficient (Wildman–Crippen LogP) is -2.23. The third-order valence-electron chi connectivity index (χ3n) is 6.41. The molecule has 2 saturated heterocycles. The quantitative estimate of drug-likeness (QED) is 0.0696. The zero-order valence-corrected chi connectivity index (χ0v) is 22.7. The Kier molecular flexibility index (Phi) is 8.51. The van der Waals surface area contributed by atoms with Gasteiger partial charge >= 0.3 is 25.5 Å². The van der Waals surface area contributed by atoms with Crippen LogP contribution in [-0.4, -0.2) is 104 Å². The molecular formula is C21H22F3N8O11P. The number of H-pyrrole nitrogens is 1. The fourth-order valence-electron chi connectivity index (χ4n) is 4.32. The van der Waals surface area contributed by atoms with Crippen LogP contribution in [0.15, 0.2) is 29.1 Å². The Labute approximate surface area is 242 Å². The van der Waals surface area contributed by atoms with Crippen LogP contribution in [0.4, 0.5) is 19.0 Å². The number of phosphoric acid groups is 1. The van der Waals surface area contributed by atoms with Gasteiger partial charge in [0.2, 0.25) is 11.7 Å². The van der Waals surface area contributed by atoms with Crippen molar-refractivity contribution in [2.24, 2.45) is 5.16 Å². The van der Waals surface area contributed by atoms with Crippen LogP contribution in [0.3, 0.4) is 0 Å². The van der Waals surface area contributed by atoms with Crippen LogP contribution in [0, 0.1) is 18.3 Å². The van der Waals surface area contributed by atoms with Crippen LogP contribution >= 0.6 is 7.82 Å². The van der Waals surface area contributed by atoms with E-state index in [1.54, 1.807) is 0 Å². The van der Waals surface area contributed by atoms with Crippen molar-refractivity contribution >= 4 is 24.8 Å². The molecule has 5 rings (SSSR count). The first-order valence-corrected chi connectivity index (χ1v) is 13.7. The van der Waals surface area contributed by atoms with E-state index in [4.69, 9.17) is 19.1 Å². The molecule has 0 saturated carbocycles. The molecule has 238 valence electrons. The van der Waals surface area contributed by atoms with Crippen LogP contribution in [0.5, 0.6) is 0 Å². The van der Waals surface area contributed by atoms with Gasteiger partial charge in [0, 0.05) is 6.20 Å². The highest BCUT2D eigenvalue weighted by Gasteiger charge is 2.59. The van der Waals surface area contributed by atoms with E-state index in [9.17, 15) is 42.7 Å². The van der Waals surface area contributed by atoms with Gasteiger partial charge < -0.3 is 35.2 Å². The molecule has 19 nitrogen and oxygen atoms in total. The molecule has 5 heterocycles. The van der Waals surface area contributed by atoms with E-state index in [-0.39, 0.29) is 21.5 Å². The van der Waals surface area contributed by atoms with E-state index in [0.29, 0.717) is 0 Å². The summed E-state index contributed by atoms with van der Waals surface area (Å²) in [7, 11) is -5.10. The molecule has 3 aromatic rings. The summed E-state index contributed by atoms with van der Waals surface area (Å²) in [6.45, 7) is 1.63. The van der Waals surface area contributed by atoms with Gasteiger partial charge in [0.15, 0.2) is 29.3 Å². The second-order valence-corrected chi connectivity index (χ2v) is 10.6. The Morgan fingerprint density at radius 1 is 1.27 bits per heavy atom. The molecule has 3 aromatic heterocycles. The van der Waals surface area contributed by atoms with Crippen molar-refractivity contribution in [1.82, 2.24) is 29.1 Å². The van der Waals surface area contributed by atoms with E-state index in [2.05, 4.69) is 42.7 Å². The summed E-state index contributed by atoms with van der Waals surface area (Å²) in [6.07, 6.45) is -9.55. The van der Waals surface area contributed by atoms with Crippen molar-refractivity contribution < 1.29 is 61.7 Å². The zero-order chi connectivity index (χ0) is 32.0. The van der Waals surface area contributed by atoms with Gasteiger partial charge in [0.1, 0.15) is 24.4 Å². The minimum absolute atomic E-state index is 0.0420. The predicted molar refractivity (Wildman–Crippen MR) is 132 cm³/mol. The van der Waals surface area contributed by atoms with Gasteiger partial charge in [0.05, 0.1) is 19.5 Å². The molecule has 0 radical (unpaired) electrons. The van der Waals surface area contributed by atoms with E-state index >= 15 is 0 Å². The molecule has 44 heavy (non-hydrogen) atoms. The number of aliphatic hydroxyl groups excluding tert-OH is 4. The Morgan fingerprint density at radius 2 is 2.02 bits per heavy atom. The van der Waals surface area contributed by atoms with E-state index in [1.165, 1.54) is 6.20 Å². The number of aromatic nitrogens is 6. The second-order valence-electron chi connectivity index (χ2n) is 9.21. The summed E-state index contributed by atoms with van der Waals surface area (Å²) in [6, 6.07) is 2.07. The Bertz CT molecular complexity index is 1720. The first-order valence-electron chi connectivity index (χ1n) is 12.2. The molecule has 0 bridgehead atoms. The second kappa shape index (κ2) is 11.9. The number of nitrogens with one attached hydrogen (secondary N) is 2. The number of hydrogen-bond acceptors (Lipinski definition) is 15. The average molecular weight is 650 g/mol. The Balaban J connectivity index is 1.25. The lowest BCUT2D eigenvalue weighted by atomic mass is 10.1. The summed E-state index contributed by atoms with van der Waals surface area (Å²) in [4.78, 5) is 35.4. The molecule has 23 heteroatoms. The van der Waals surface area contributed by atoms with Gasteiger partial charge in [0.25, 0.3) is 0 Å². The molecule has 0 amide bonds. The first-order chi connectivity index (χ1) is 20.8. The van der Waals surface area contributed by atoms with Gasteiger partial charge in [-0.3, -0.25) is 23.6 Å². The van der Waals surface area contributed by atoms with Crippen molar-refractivity contribution in [2.45, 2.75) is 48.9 Å². The lowest BCUT2D eigenvalue weighted by molar-refractivity contribution is -0.141. The summed E-state index contributed by atoms with van der Waals surface area (Å²) in [5, 5.41) is 45.4. The maximum atomic E-state index is 14.3. The molecule has 8 unspecified atom stereocenters. The number of alkyl halides is 2. The number of halogens is 3. The summed E-state index contributed by atoms with van der Waals surface area (Å²) < 4.78 is 75.7. The van der Waals surface area contributed by atoms with Crippen LogP contribution in [0.1, 0.15) is 12.5 Å². The van der Waals surface area contributed by atoms with Crippen molar-refractivity contribution in [1.29, 1.82) is 0 Å². The molecule has 2 aliphatic rings. The number of ether oxygens (including phenoxy) is 2. The highest BCUT2D eigenvalue weighted by atomic mass is 31.2. The van der Waals surface area contributed by atoms with E-state index in [0.717, 1.165) is 10.9 Å². The number of aliphatic hydroxyl groups is 4. The number of imidazole rings is 1. The monoisotopic (exact) mass is 650 g/mol. The third-order valence-corrected chi connectivity index (χ3v) is 7.18. The molecular weight excluding hydrogens is 628 g/mol. The Hall–Kier alpha value is -3.91. The van der Waals surface area contributed by atoms with Gasteiger partial charge in [-0.1, -0.05) is 6.58 Å². The standard InChI is InChI=1S/C21H22F3N8O11P/c1-2-25-15-11-16(29-19(22)28-15)32(7-26-11)17-13(35)12(34)9(41-17)6-40-44(38,39)43-30-10-3-4-31(20(37)27-10)18-21(23,24)14(36)8(5-33)42-18/h2,7-9,12-14,17-18,33-36H,1,5-6H2,(H,38,39)(H,25,28,29)(H,27,30,37). The van der Waals surface area contributed by atoms with Gasteiger partial charge in [-0.25, -0.2) is 18.9 Å². The topological polar surface area (TPSA) is 261 Å². The fraction of sp³-hybridized carbons (Fsp3) is 0.476. The number of nitrogens with zero attached hydrogens (tertiary/aromatic N) is 6. The van der Waals surface area contributed by atoms with Crippen molar-refractivity contribution in [3.63, 3.8) is 0 Å². The summed E-state index contributed by atoms with van der Waals surface area (Å²) >= 11 is 0. The third kappa shape index (κ3) is 5.80. The van der Waals surface area contributed by atoms with Crippen molar-refractivity contribution in [3.05, 3.63) is 53.4 Å². The van der Waals surface area contributed by atoms with Crippen molar-refractivity contribution in [2.75, 3.05) is 18.5 Å². The summed E-state index contributed by atoms with van der Waals surface area (Å²) in [5.74, 6) is -4.04. The minimum atomic E-state index is -5.10. The largest absolute Gasteiger partial charge is 0.548 e. The molecule has 0 aliphatic carbocycles. The van der Waals surface area contributed by atoms with Gasteiger partial charge in [-0.2, -0.15) is 23.1 Å². The number of fused-ring (bicyclic) bond motifs is 1. The number of anilines is 1. The molecule has 8 atom stereocenters. The van der Waals surface area contributed by atoms with Crippen LogP contribution in [-0.2, 0) is 23.2 Å². The molecule has 2 aliphatic heterocycles. The fourth-order valence-corrected chi connectivity index (χ4v) is 4.89. The maximum Gasteiger partial charge on any atom is 0.548 e. The molecule has 0 spiro atoms. The molecule has 7 N–H and O–H groups in total. The number of rotatable bonds is 10. The van der Waals surface area contributed by atoms with Crippen LogP contribution in [0.2, 0.25) is 0 Å². The first kappa shape index (κ1) is 31.5. The molecule has 0 aromatic carbocycles. The van der Waals surface area contributed by atoms with Crippen LogP contribution in [0.25, 0.3) is 11.2 Å². The Morgan fingerprint density at radius 3 is 2.68 bits per heavy atom. The van der Waals surface area contributed by atoms with Crippen LogP contribution < -0.4 is 16.5 Å². The SMILES string of the molecule is C=CNc1nc(F)nc2c1ncn2C1OC(COP(=O)(O)ON=c2c#cn(C3OC(CO)C(O)C3(F)F)c(=O)[nH]2)C(O)C1O.